The Morgan fingerprint density at radius 2 is 1.06 bits per heavy atom. The molecule has 2 aromatic rings. The van der Waals surface area contributed by atoms with E-state index in [2.05, 4.69) is 62.4 Å². The molecule has 0 aliphatic heterocycles. The first-order chi connectivity index (χ1) is 16.7. The van der Waals surface area contributed by atoms with Crippen LogP contribution in [0.1, 0.15) is 127 Å². The van der Waals surface area contributed by atoms with Gasteiger partial charge in [0.1, 0.15) is 0 Å². The van der Waals surface area contributed by atoms with E-state index in [9.17, 15) is 0 Å². The van der Waals surface area contributed by atoms with E-state index < -0.39 is 0 Å². The van der Waals surface area contributed by atoms with Crippen molar-refractivity contribution in [1.29, 1.82) is 0 Å². The van der Waals surface area contributed by atoms with Crippen LogP contribution in [0.5, 0.6) is 0 Å². The molecule has 0 aromatic heterocycles. The second-order valence-electron chi connectivity index (χ2n) is 11.7. The third-order valence-electron chi connectivity index (χ3n) is 9.24. The molecule has 2 aliphatic rings. The Bertz CT molecular complexity index is 798. The highest BCUT2D eigenvalue weighted by Gasteiger charge is 2.22. The number of hydrogen-bond acceptors (Lipinski definition) is 0. The Labute approximate surface area is 211 Å². The Morgan fingerprint density at radius 3 is 1.65 bits per heavy atom. The van der Waals surface area contributed by atoms with E-state index in [1.165, 1.54) is 119 Å². The van der Waals surface area contributed by atoms with Crippen molar-refractivity contribution in [3.63, 3.8) is 0 Å². The van der Waals surface area contributed by atoms with Gasteiger partial charge in [-0.05, 0) is 84.5 Å². The van der Waals surface area contributed by atoms with Crippen molar-refractivity contribution >= 4 is 0 Å². The van der Waals surface area contributed by atoms with E-state index in [-0.39, 0.29) is 0 Å². The molecule has 2 aromatic carbocycles. The maximum Gasteiger partial charge on any atom is -0.0162 e. The van der Waals surface area contributed by atoms with Crippen LogP contribution in [0.4, 0.5) is 0 Å². The van der Waals surface area contributed by atoms with Crippen molar-refractivity contribution in [2.45, 2.75) is 122 Å². The van der Waals surface area contributed by atoms with Crippen LogP contribution in [0.25, 0.3) is 11.1 Å². The Kier molecular flexibility index (Phi) is 10.1. The third kappa shape index (κ3) is 7.47. The predicted molar refractivity (Wildman–Crippen MR) is 149 cm³/mol. The summed E-state index contributed by atoms with van der Waals surface area (Å²) < 4.78 is 0. The van der Waals surface area contributed by atoms with Crippen LogP contribution < -0.4 is 0 Å². The zero-order valence-electron chi connectivity index (χ0n) is 22.2. The predicted octanol–water partition coefficient (Wildman–Crippen LogP) is 10.7. The van der Waals surface area contributed by atoms with Crippen molar-refractivity contribution in [3.05, 3.63) is 59.7 Å². The van der Waals surface area contributed by atoms with Crippen LogP contribution in [-0.4, -0.2) is 0 Å². The van der Waals surface area contributed by atoms with Crippen molar-refractivity contribution in [2.75, 3.05) is 0 Å². The summed E-state index contributed by atoms with van der Waals surface area (Å²) in [5, 5.41) is 0. The number of benzene rings is 2. The summed E-state index contributed by atoms with van der Waals surface area (Å²) in [6.07, 6.45) is 22.7. The van der Waals surface area contributed by atoms with E-state index in [1.807, 2.05) is 0 Å². The molecule has 0 nitrogen and oxygen atoms in total. The summed E-state index contributed by atoms with van der Waals surface area (Å²) in [6.45, 7) is 4.65. The van der Waals surface area contributed by atoms with Crippen molar-refractivity contribution in [1.82, 2.24) is 0 Å². The van der Waals surface area contributed by atoms with E-state index in [4.69, 9.17) is 0 Å². The van der Waals surface area contributed by atoms with Gasteiger partial charge in [0.2, 0.25) is 0 Å². The van der Waals surface area contributed by atoms with Crippen LogP contribution >= 0.6 is 0 Å². The van der Waals surface area contributed by atoms with Gasteiger partial charge in [-0.25, -0.2) is 0 Å². The van der Waals surface area contributed by atoms with Gasteiger partial charge < -0.3 is 0 Å². The molecule has 0 spiro atoms. The van der Waals surface area contributed by atoms with E-state index >= 15 is 0 Å². The van der Waals surface area contributed by atoms with Crippen molar-refractivity contribution in [3.8, 4) is 11.1 Å². The molecule has 2 saturated carbocycles. The van der Waals surface area contributed by atoms with Crippen LogP contribution in [0.2, 0.25) is 0 Å². The Morgan fingerprint density at radius 1 is 0.529 bits per heavy atom. The minimum atomic E-state index is 0.788. The lowest BCUT2D eigenvalue weighted by molar-refractivity contribution is 0.252. The summed E-state index contributed by atoms with van der Waals surface area (Å²) in [5.74, 6) is 3.77. The molecule has 34 heavy (non-hydrogen) atoms. The second kappa shape index (κ2) is 13.5. The molecule has 0 amide bonds. The highest BCUT2D eigenvalue weighted by Crippen LogP contribution is 2.38. The lowest BCUT2D eigenvalue weighted by Crippen LogP contribution is -2.15. The fourth-order valence-corrected chi connectivity index (χ4v) is 6.87. The first-order valence-corrected chi connectivity index (χ1v) is 14.9. The fraction of sp³-hybridized carbons (Fsp3) is 0.647. The van der Waals surface area contributed by atoms with Crippen LogP contribution in [0.3, 0.4) is 0 Å². The van der Waals surface area contributed by atoms with Crippen molar-refractivity contribution < 1.29 is 0 Å². The Hall–Kier alpha value is -1.56. The van der Waals surface area contributed by atoms with Gasteiger partial charge in [-0.15, -0.1) is 0 Å². The van der Waals surface area contributed by atoms with Gasteiger partial charge in [-0.1, -0.05) is 127 Å². The van der Waals surface area contributed by atoms with E-state index in [0.717, 1.165) is 23.7 Å². The minimum Gasteiger partial charge on any atom is -0.0654 e. The molecule has 2 aliphatic carbocycles. The molecule has 0 N–H and O–H groups in total. The standard InChI is InChI=1S/C34H50/c1-3-5-6-8-28-15-19-31(20-16-28)33-23-25-34(26-24-33)32-21-17-30(18-22-32)14-13-29-11-9-27(7-4-2)10-12-29/h17-18,21-29,31H,3-16,19-20H2,1-2H3. The number of hydrogen-bond donors (Lipinski definition) is 0. The maximum atomic E-state index is 2.42. The topological polar surface area (TPSA) is 0 Å². The molecule has 0 radical (unpaired) electrons. The number of unbranched alkanes of at least 4 members (excludes halogenated alkanes) is 2. The lowest BCUT2D eigenvalue weighted by Gasteiger charge is -2.29. The van der Waals surface area contributed by atoms with Crippen LogP contribution in [-0.2, 0) is 6.42 Å². The minimum absolute atomic E-state index is 0.788. The molecule has 0 heterocycles. The quantitative estimate of drug-likeness (QED) is 0.294. The van der Waals surface area contributed by atoms with Gasteiger partial charge in [0, 0.05) is 0 Å². The average Bonchev–Trinajstić information content (AvgIpc) is 2.89. The second-order valence-corrected chi connectivity index (χ2v) is 11.7. The molecule has 0 bridgehead atoms. The molecule has 0 saturated heterocycles. The molecular formula is C34H50. The molecule has 0 heteroatoms. The van der Waals surface area contributed by atoms with E-state index in [1.54, 1.807) is 5.56 Å². The summed E-state index contributed by atoms with van der Waals surface area (Å²) in [5.41, 5.74) is 5.83. The van der Waals surface area contributed by atoms with Crippen LogP contribution in [0.15, 0.2) is 48.5 Å². The van der Waals surface area contributed by atoms with Gasteiger partial charge in [-0.2, -0.15) is 0 Å². The monoisotopic (exact) mass is 458 g/mol. The highest BCUT2D eigenvalue weighted by atomic mass is 14.3. The highest BCUT2D eigenvalue weighted by molar-refractivity contribution is 5.64. The maximum absolute atomic E-state index is 2.42. The zero-order chi connectivity index (χ0) is 23.6. The number of aryl methyl sites for hydroxylation is 1. The van der Waals surface area contributed by atoms with Crippen LogP contribution in [0, 0.1) is 17.8 Å². The molecule has 4 rings (SSSR count). The van der Waals surface area contributed by atoms with E-state index in [0.29, 0.717) is 0 Å². The van der Waals surface area contributed by atoms with Gasteiger partial charge >= 0.3 is 0 Å². The Balaban J connectivity index is 1.22. The molecular weight excluding hydrogens is 408 g/mol. The summed E-state index contributed by atoms with van der Waals surface area (Å²) >= 11 is 0. The summed E-state index contributed by atoms with van der Waals surface area (Å²) in [7, 11) is 0. The largest absolute Gasteiger partial charge is 0.0654 e. The molecule has 2 fully saturated rings. The summed E-state index contributed by atoms with van der Waals surface area (Å²) in [4.78, 5) is 0. The summed E-state index contributed by atoms with van der Waals surface area (Å²) in [6, 6.07) is 19.0. The normalized spacial score (nSPS) is 25.4. The average molecular weight is 459 g/mol. The van der Waals surface area contributed by atoms with Crippen molar-refractivity contribution in [2.24, 2.45) is 17.8 Å². The van der Waals surface area contributed by atoms with Gasteiger partial charge in [-0.3, -0.25) is 0 Å². The molecule has 0 atom stereocenters. The molecule has 0 unspecified atom stereocenters. The van der Waals surface area contributed by atoms with Gasteiger partial charge in [0.15, 0.2) is 0 Å². The van der Waals surface area contributed by atoms with Gasteiger partial charge in [0.05, 0.1) is 0 Å². The lowest BCUT2D eigenvalue weighted by atomic mass is 9.77. The SMILES string of the molecule is CCCCCC1CCC(c2ccc(-c3ccc(CCC4CCC(CCC)CC4)cc3)cc2)CC1. The smallest absolute Gasteiger partial charge is 0.0162 e. The third-order valence-corrected chi connectivity index (χ3v) is 9.24. The van der Waals surface area contributed by atoms with Gasteiger partial charge in [0.25, 0.3) is 0 Å². The number of rotatable bonds is 11. The zero-order valence-corrected chi connectivity index (χ0v) is 22.2. The molecule has 186 valence electrons. The first-order valence-electron chi connectivity index (χ1n) is 14.9. The fourth-order valence-electron chi connectivity index (χ4n) is 6.87. The first kappa shape index (κ1) is 25.5.